The topological polar surface area (TPSA) is 66.6 Å². The number of aliphatic hydroxyl groups excluding tert-OH is 1. The Morgan fingerprint density at radius 1 is 1.50 bits per heavy atom. The fraction of sp³-hybridized carbons (Fsp3) is 0.917. The fourth-order valence-electron chi connectivity index (χ4n) is 2.62. The fourth-order valence-corrected chi connectivity index (χ4v) is 2.62. The van der Waals surface area contributed by atoms with E-state index in [2.05, 4.69) is 0 Å². The third-order valence-electron chi connectivity index (χ3n) is 3.57. The standard InChI is InChI=1S/C12H22F2N2O2/c1-8-6-9(15)2-3-10(8)12(18)16(4-5-17)7-11(13)14/h8-11,17H,2-7,15H2,1H3. The van der Waals surface area contributed by atoms with E-state index in [1.165, 1.54) is 0 Å². The second-order valence-electron chi connectivity index (χ2n) is 5.06. The summed E-state index contributed by atoms with van der Waals surface area (Å²) in [6, 6.07) is 0.102. The number of carbonyl (C=O) groups is 1. The van der Waals surface area contributed by atoms with Gasteiger partial charge in [0.05, 0.1) is 13.2 Å². The van der Waals surface area contributed by atoms with Gasteiger partial charge in [0.15, 0.2) is 0 Å². The lowest BCUT2D eigenvalue weighted by atomic mass is 9.77. The Morgan fingerprint density at radius 3 is 2.67 bits per heavy atom. The first kappa shape index (κ1) is 15.3. The van der Waals surface area contributed by atoms with Gasteiger partial charge in [-0.3, -0.25) is 4.79 Å². The predicted molar refractivity (Wildman–Crippen MR) is 64.2 cm³/mol. The summed E-state index contributed by atoms with van der Waals surface area (Å²) in [4.78, 5) is 13.3. The van der Waals surface area contributed by atoms with Crippen LogP contribution >= 0.6 is 0 Å². The van der Waals surface area contributed by atoms with Crippen LogP contribution in [0.4, 0.5) is 8.78 Å². The molecule has 0 bridgehead atoms. The maximum absolute atomic E-state index is 12.4. The van der Waals surface area contributed by atoms with Crippen molar-refractivity contribution >= 4 is 5.91 Å². The molecule has 1 amide bonds. The zero-order valence-corrected chi connectivity index (χ0v) is 10.7. The molecule has 1 aliphatic rings. The van der Waals surface area contributed by atoms with Crippen molar-refractivity contribution in [3.8, 4) is 0 Å². The van der Waals surface area contributed by atoms with Crippen molar-refractivity contribution in [3.05, 3.63) is 0 Å². The lowest BCUT2D eigenvalue weighted by molar-refractivity contribution is -0.141. The van der Waals surface area contributed by atoms with E-state index in [4.69, 9.17) is 10.8 Å². The molecule has 0 aliphatic heterocycles. The predicted octanol–water partition coefficient (Wildman–Crippen LogP) is 0.836. The van der Waals surface area contributed by atoms with Crippen LogP contribution in [0.15, 0.2) is 0 Å². The van der Waals surface area contributed by atoms with E-state index >= 15 is 0 Å². The van der Waals surface area contributed by atoms with Gasteiger partial charge in [0, 0.05) is 18.5 Å². The summed E-state index contributed by atoms with van der Waals surface area (Å²) in [6.07, 6.45) is -0.422. The molecule has 6 heteroatoms. The minimum atomic E-state index is -2.57. The van der Waals surface area contributed by atoms with E-state index in [9.17, 15) is 13.6 Å². The number of amides is 1. The number of rotatable bonds is 5. The number of nitrogens with two attached hydrogens (primary N) is 1. The summed E-state index contributed by atoms with van der Waals surface area (Å²) in [5.74, 6) is -0.404. The molecular weight excluding hydrogens is 242 g/mol. The van der Waals surface area contributed by atoms with Gasteiger partial charge in [-0.2, -0.15) is 0 Å². The van der Waals surface area contributed by atoms with E-state index in [0.717, 1.165) is 17.7 Å². The zero-order chi connectivity index (χ0) is 13.7. The molecule has 18 heavy (non-hydrogen) atoms. The first-order valence-electron chi connectivity index (χ1n) is 6.39. The van der Waals surface area contributed by atoms with Crippen LogP contribution in [0.2, 0.25) is 0 Å². The number of hydrogen-bond acceptors (Lipinski definition) is 3. The molecule has 0 aromatic heterocycles. The molecule has 1 aliphatic carbocycles. The third kappa shape index (κ3) is 4.17. The molecule has 0 heterocycles. The smallest absolute Gasteiger partial charge is 0.255 e. The van der Waals surface area contributed by atoms with Crippen molar-refractivity contribution in [2.24, 2.45) is 17.6 Å². The van der Waals surface area contributed by atoms with Crippen LogP contribution in [0.1, 0.15) is 26.2 Å². The molecule has 0 aromatic rings. The van der Waals surface area contributed by atoms with Crippen molar-refractivity contribution in [2.45, 2.75) is 38.7 Å². The minimum absolute atomic E-state index is 0.0293. The molecule has 1 rings (SSSR count). The summed E-state index contributed by atoms with van der Waals surface area (Å²) in [5.41, 5.74) is 5.82. The van der Waals surface area contributed by atoms with Crippen molar-refractivity contribution < 1.29 is 18.7 Å². The summed E-state index contributed by atoms with van der Waals surface area (Å²) < 4.78 is 24.8. The van der Waals surface area contributed by atoms with Crippen molar-refractivity contribution in [2.75, 3.05) is 19.7 Å². The number of aliphatic hydroxyl groups is 1. The van der Waals surface area contributed by atoms with E-state index < -0.39 is 13.0 Å². The number of halogens is 2. The molecule has 3 N–H and O–H groups in total. The number of carbonyl (C=O) groups excluding carboxylic acids is 1. The van der Waals surface area contributed by atoms with E-state index in [1.807, 2.05) is 6.92 Å². The largest absolute Gasteiger partial charge is 0.395 e. The molecule has 0 spiro atoms. The van der Waals surface area contributed by atoms with Gasteiger partial charge in [-0.25, -0.2) is 8.78 Å². The highest BCUT2D eigenvalue weighted by atomic mass is 19.3. The first-order chi connectivity index (χ1) is 8.45. The Bertz CT molecular complexity index is 277. The van der Waals surface area contributed by atoms with Crippen LogP contribution in [-0.4, -0.2) is 48.1 Å². The maximum Gasteiger partial charge on any atom is 0.255 e. The van der Waals surface area contributed by atoms with Crippen molar-refractivity contribution in [1.29, 1.82) is 0 Å². The van der Waals surface area contributed by atoms with Gasteiger partial charge in [0.2, 0.25) is 5.91 Å². The Labute approximate surface area is 106 Å². The second kappa shape index (κ2) is 6.99. The molecule has 106 valence electrons. The van der Waals surface area contributed by atoms with Crippen molar-refractivity contribution in [1.82, 2.24) is 4.90 Å². The Balaban J connectivity index is 2.64. The van der Waals surface area contributed by atoms with E-state index in [1.54, 1.807) is 0 Å². The molecular formula is C12H22F2N2O2. The Kier molecular flexibility index (Phi) is 5.95. The van der Waals surface area contributed by atoms with Gasteiger partial charge in [-0.05, 0) is 25.2 Å². The SMILES string of the molecule is CC1CC(N)CCC1C(=O)N(CCO)CC(F)F. The Morgan fingerprint density at radius 2 is 2.17 bits per heavy atom. The second-order valence-corrected chi connectivity index (χ2v) is 5.06. The van der Waals surface area contributed by atoms with Crippen LogP contribution in [0.3, 0.4) is 0 Å². The third-order valence-corrected chi connectivity index (χ3v) is 3.57. The molecule has 3 atom stereocenters. The van der Waals surface area contributed by atoms with Crippen molar-refractivity contribution in [3.63, 3.8) is 0 Å². The van der Waals surface area contributed by atoms with Gasteiger partial charge >= 0.3 is 0 Å². The maximum atomic E-state index is 12.4. The molecule has 1 saturated carbocycles. The van der Waals surface area contributed by atoms with Crippen LogP contribution in [0.5, 0.6) is 0 Å². The first-order valence-corrected chi connectivity index (χ1v) is 6.39. The van der Waals surface area contributed by atoms with Gasteiger partial charge in [-0.1, -0.05) is 6.92 Å². The lowest BCUT2D eigenvalue weighted by Crippen LogP contribution is -2.45. The van der Waals surface area contributed by atoms with Crippen LogP contribution in [0.25, 0.3) is 0 Å². The number of hydrogen-bond donors (Lipinski definition) is 2. The molecule has 4 nitrogen and oxygen atoms in total. The summed E-state index contributed by atoms with van der Waals surface area (Å²) in [5, 5.41) is 8.85. The molecule has 0 aromatic carbocycles. The quantitative estimate of drug-likeness (QED) is 0.773. The average Bonchev–Trinajstić information content (AvgIpc) is 2.27. The van der Waals surface area contributed by atoms with Gasteiger partial charge < -0.3 is 15.7 Å². The van der Waals surface area contributed by atoms with E-state index in [-0.39, 0.29) is 36.9 Å². The molecule has 0 radical (unpaired) electrons. The monoisotopic (exact) mass is 264 g/mol. The highest BCUT2D eigenvalue weighted by Gasteiger charge is 2.34. The lowest BCUT2D eigenvalue weighted by Gasteiger charge is -2.35. The Hall–Kier alpha value is -0.750. The van der Waals surface area contributed by atoms with Crippen LogP contribution < -0.4 is 5.73 Å². The highest BCUT2D eigenvalue weighted by molar-refractivity contribution is 5.79. The van der Waals surface area contributed by atoms with Crippen LogP contribution in [0, 0.1) is 11.8 Å². The summed E-state index contributed by atoms with van der Waals surface area (Å²) in [6.45, 7) is 1.01. The van der Waals surface area contributed by atoms with Gasteiger partial charge in [-0.15, -0.1) is 0 Å². The van der Waals surface area contributed by atoms with E-state index in [0.29, 0.717) is 6.42 Å². The van der Waals surface area contributed by atoms with Crippen LogP contribution in [-0.2, 0) is 4.79 Å². The summed E-state index contributed by atoms with van der Waals surface area (Å²) >= 11 is 0. The normalized spacial score (nSPS) is 28.4. The van der Waals surface area contributed by atoms with Gasteiger partial charge in [0.25, 0.3) is 6.43 Å². The minimum Gasteiger partial charge on any atom is -0.395 e. The molecule has 1 fully saturated rings. The molecule has 0 saturated heterocycles. The van der Waals surface area contributed by atoms with Gasteiger partial charge in [0.1, 0.15) is 0 Å². The number of alkyl halides is 2. The average molecular weight is 264 g/mol. The zero-order valence-electron chi connectivity index (χ0n) is 10.7. The number of nitrogens with zero attached hydrogens (tertiary/aromatic N) is 1. The highest BCUT2D eigenvalue weighted by Crippen LogP contribution is 2.30. The molecule has 3 unspecified atom stereocenters. The summed E-state index contributed by atoms with van der Waals surface area (Å²) in [7, 11) is 0.